The molecule has 1 aromatic carbocycles. The molecule has 2 aromatic rings. The Balaban J connectivity index is 2.37. The van der Waals surface area contributed by atoms with Gasteiger partial charge in [-0.2, -0.15) is 0 Å². The Bertz CT molecular complexity index is 571. The summed E-state index contributed by atoms with van der Waals surface area (Å²) in [5, 5.41) is 0.757. The number of hydrogen-bond donors (Lipinski definition) is 1. The highest BCUT2D eigenvalue weighted by atomic mass is 32.2. The Morgan fingerprint density at radius 1 is 1.00 bits per heavy atom. The number of nitrogens with two attached hydrogens (primary N) is 1. The molecular formula is C14H17N3S. The van der Waals surface area contributed by atoms with Gasteiger partial charge >= 0.3 is 0 Å². The van der Waals surface area contributed by atoms with E-state index < -0.39 is 0 Å². The van der Waals surface area contributed by atoms with Crippen molar-refractivity contribution in [1.82, 2.24) is 9.97 Å². The number of aryl methyl sites for hydroxylation is 3. The summed E-state index contributed by atoms with van der Waals surface area (Å²) in [7, 11) is 0. The topological polar surface area (TPSA) is 51.8 Å². The molecule has 18 heavy (non-hydrogen) atoms. The predicted octanol–water partition coefficient (Wildman–Crippen LogP) is 3.44. The minimum atomic E-state index is 0.757. The highest BCUT2D eigenvalue weighted by Crippen LogP contribution is 2.31. The summed E-state index contributed by atoms with van der Waals surface area (Å²) in [6.45, 7) is 8.11. The lowest BCUT2D eigenvalue weighted by molar-refractivity contribution is 0.881. The van der Waals surface area contributed by atoms with Gasteiger partial charge in [0.05, 0.1) is 0 Å². The monoisotopic (exact) mass is 259 g/mol. The number of hydrogen-bond acceptors (Lipinski definition) is 4. The van der Waals surface area contributed by atoms with Crippen LogP contribution in [0.5, 0.6) is 0 Å². The van der Waals surface area contributed by atoms with Crippen LogP contribution in [0.25, 0.3) is 0 Å². The summed E-state index contributed by atoms with van der Waals surface area (Å²) < 4.78 is 0. The van der Waals surface area contributed by atoms with Crippen LogP contribution in [0.1, 0.15) is 22.5 Å². The van der Waals surface area contributed by atoms with Gasteiger partial charge in [-0.15, -0.1) is 0 Å². The van der Waals surface area contributed by atoms with Crippen molar-refractivity contribution in [2.24, 2.45) is 0 Å². The molecule has 0 saturated carbocycles. The lowest BCUT2D eigenvalue weighted by atomic mass is 10.2. The summed E-state index contributed by atoms with van der Waals surface area (Å²) in [5.74, 6) is 0. The summed E-state index contributed by atoms with van der Waals surface area (Å²) in [4.78, 5) is 10.0. The van der Waals surface area contributed by atoms with Gasteiger partial charge in [-0.1, -0.05) is 6.07 Å². The van der Waals surface area contributed by atoms with Crippen molar-refractivity contribution in [2.75, 3.05) is 5.73 Å². The summed E-state index contributed by atoms with van der Waals surface area (Å²) in [6, 6.07) is 5.99. The van der Waals surface area contributed by atoms with Crippen LogP contribution in [0.4, 0.5) is 5.69 Å². The first kappa shape index (κ1) is 12.9. The smallest absolute Gasteiger partial charge is 0.192 e. The number of anilines is 1. The zero-order chi connectivity index (χ0) is 13.3. The van der Waals surface area contributed by atoms with Crippen molar-refractivity contribution in [3.8, 4) is 0 Å². The molecule has 1 heterocycles. The highest BCUT2D eigenvalue weighted by Gasteiger charge is 2.08. The number of rotatable bonds is 2. The summed E-state index contributed by atoms with van der Waals surface area (Å²) in [6.07, 6.45) is 0. The van der Waals surface area contributed by atoms with E-state index in [4.69, 9.17) is 5.73 Å². The van der Waals surface area contributed by atoms with E-state index in [2.05, 4.69) is 23.0 Å². The van der Waals surface area contributed by atoms with E-state index in [1.165, 1.54) is 17.3 Å². The minimum absolute atomic E-state index is 0.757. The molecule has 3 nitrogen and oxygen atoms in total. The van der Waals surface area contributed by atoms with Gasteiger partial charge in [0.1, 0.15) is 0 Å². The normalized spacial score (nSPS) is 10.7. The first-order valence-corrected chi connectivity index (χ1v) is 6.65. The van der Waals surface area contributed by atoms with Gasteiger partial charge in [0.25, 0.3) is 0 Å². The molecule has 94 valence electrons. The van der Waals surface area contributed by atoms with E-state index in [9.17, 15) is 0 Å². The molecule has 0 amide bonds. The SMILES string of the molecule is Cc1ccc(N)c(Sc2nc(C)c(C)c(C)n2)c1. The predicted molar refractivity (Wildman–Crippen MR) is 76.0 cm³/mol. The van der Waals surface area contributed by atoms with Gasteiger partial charge in [0.15, 0.2) is 5.16 Å². The van der Waals surface area contributed by atoms with Crippen molar-refractivity contribution < 1.29 is 0 Å². The van der Waals surface area contributed by atoms with E-state index in [-0.39, 0.29) is 0 Å². The fourth-order valence-electron chi connectivity index (χ4n) is 1.62. The van der Waals surface area contributed by atoms with Crippen LogP contribution in [0, 0.1) is 27.7 Å². The van der Waals surface area contributed by atoms with Gasteiger partial charge < -0.3 is 5.73 Å². The van der Waals surface area contributed by atoms with Crippen LogP contribution in [-0.2, 0) is 0 Å². The first-order valence-electron chi connectivity index (χ1n) is 5.83. The van der Waals surface area contributed by atoms with Crippen LogP contribution >= 0.6 is 11.8 Å². The molecule has 0 saturated heterocycles. The molecule has 0 bridgehead atoms. The van der Waals surface area contributed by atoms with Crippen molar-refractivity contribution >= 4 is 17.4 Å². The van der Waals surface area contributed by atoms with Crippen LogP contribution in [0.2, 0.25) is 0 Å². The zero-order valence-corrected chi connectivity index (χ0v) is 11.9. The molecule has 0 spiro atoms. The second-order valence-corrected chi connectivity index (χ2v) is 5.45. The standard InChI is InChI=1S/C14H17N3S/c1-8-5-6-12(15)13(7-8)18-14-16-10(3)9(2)11(4)17-14/h5-7H,15H2,1-4H3. The molecule has 0 aliphatic rings. The molecule has 0 aliphatic carbocycles. The average molecular weight is 259 g/mol. The van der Waals surface area contributed by atoms with Gasteiger partial charge in [-0.05, 0) is 62.7 Å². The Kier molecular flexibility index (Phi) is 3.57. The lowest BCUT2D eigenvalue weighted by Crippen LogP contribution is -1.98. The van der Waals surface area contributed by atoms with Gasteiger partial charge in [0.2, 0.25) is 0 Å². The largest absolute Gasteiger partial charge is 0.398 e. The molecule has 4 heteroatoms. The van der Waals surface area contributed by atoms with Crippen molar-refractivity contribution in [3.63, 3.8) is 0 Å². The second-order valence-electron chi connectivity index (χ2n) is 4.45. The number of nitrogen functional groups attached to an aromatic ring is 1. The number of aromatic nitrogens is 2. The Morgan fingerprint density at radius 2 is 1.61 bits per heavy atom. The van der Waals surface area contributed by atoms with Gasteiger partial charge in [-0.3, -0.25) is 0 Å². The van der Waals surface area contributed by atoms with E-state index in [1.807, 2.05) is 32.9 Å². The van der Waals surface area contributed by atoms with Crippen LogP contribution in [-0.4, -0.2) is 9.97 Å². The molecule has 0 atom stereocenters. The maximum absolute atomic E-state index is 5.97. The van der Waals surface area contributed by atoms with Crippen molar-refractivity contribution in [3.05, 3.63) is 40.7 Å². The lowest BCUT2D eigenvalue weighted by Gasteiger charge is -2.08. The maximum Gasteiger partial charge on any atom is 0.192 e. The van der Waals surface area contributed by atoms with Gasteiger partial charge in [-0.25, -0.2) is 9.97 Å². The average Bonchev–Trinajstić information content (AvgIpc) is 2.31. The maximum atomic E-state index is 5.97. The molecular weight excluding hydrogens is 242 g/mol. The molecule has 2 N–H and O–H groups in total. The Labute approximate surface area is 112 Å². The molecule has 0 fully saturated rings. The van der Waals surface area contributed by atoms with Crippen LogP contribution in [0.15, 0.2) is 28.3 Å². The first-order chi connectivity index (χ1) is 8.47. The van der Waals surface area contributed by atoms with Crippen molar-refractivity contribution in [1.29, 1.82) is 0 Å². The van der Waals surface area contributed by atoms with E-state index in [1.54, 1.807) is 0 Å². The summed E-state index contributed by atoms with van der Waals surface area (Å²) >= 11 is 1.52. The van der Waals surface area contributed by atoms with Crippen LogP contribution < -0.4 is 5.73 Å². The molecule has 0 radical (unpaired) electrons. The fraction of sp³-hybridized carbons (Fsp3) is 0.286. The molecule has 1 aromatic heterocycles. The van der Waals surface area contributed by atoms with E-state index in [0.717, 1.165) is 32.7 Å². The van der Waals surface area contributed by atoms with Gasteiger partial charge in [0, 0.05) is 22.0 Å². The zero-order valence-electron chi connectivity index (χ0n) is 11.1. The third-order valence-electron chi connectivity index (χ3n) is 2.98. The minimum Gasteiger partial charge on any atom is -0.398 e. The molecule has 0 unspecified atom stereocenters. The Hall–Kier alpha value is -1.55. The van der Waals surface area contributed by atoms with E-state index >= 15 is 0 Å². The quantitative estimate of drug-likeness (QED) is 0.663. The third-order valence-corrected chi connectivity index (χ3v) is 3.92. The molecule has 0 aliphatic heterocycles. The third kappa shape index (κ3) is 2.64. The Morgan fingerprint density at radius 3 is 2.22 bits per heavy atom. The second kappa shape index (κ2) is 4.98. The van der Waals surface area contributed by atoms with Crippen LogP contribution in [0.3, 0.4) is 0 Å². The highest BCUT2D eigenvalue weighted by molar-refractivity contribution is 7.99. The number of benzene rings is 1. The number of nitrogens with zero attached hydrogens (tertiary/aromatic N) is 2. The van der Waals surface area contributed by atoms with E-state index in [0.29, 0.717) is 0 Å². The summed E-state index contributed by atoms with van der Waals surface area (Å²) in [5.41, 5.74) is 11.1. The molecule has 2 rings (SSSR count). The fourth-order valence-corrected chi connectivity index (χ4v) is 2.61. The van der Waals surface area contributed by atoms with Crippen molar-refractivity contribution in [2.45, 2.75) is 37.7 Å².